The molecule has 3 rings (SSSR count). The van der Waals surface area contributed by atoms with E-state index < -0.39 is 9.84 Å². The first kappa shape index (κ1) is 15.0. The van der Waals surface area contributed by atoms with E-state index in [-0.39, 0.29) is 0 Å². The lowest BCUT2D eigenvalue weighted by molar-refractivity contribution is 0.0837. The monoisotopic (exact) mass is 308 g/mol. The van der Waals surface area contributed by atoms with E-state index in [0.717, 1.165) is 32.1 Å². The number of sulfone groups is 1. The van der Waals surface area contributed by atoms with Crippen molar-refractivity contribution in [2.75, 3.05) is 32.4 Å². The molecule has 0 radical (unpaired) electrons. The minimum absolute atomic E-state index is 0.416. The van der Waals surface area contributed by atoms with Gasteiger partial charge in [0.15, 0.2) is 9.84 Å². The van der Waals surface area contributed by atoms with Crippen molar-refractivity contribution in [1.82, 2.24) is 10.2 Å². The summed E-state index contributed by atoms with van der Waals surface area (Å²) in [6, 6.07) is 8.01. The molecule has 0 unspecified atom stereocenters. The van der Waals surface area contributed by atoms with Gasteiger partial charge in [0.25, 0.3) is 0 Å². The van der Waals surface area contributed by atoms with Crippen LogP contribution in [-0.2, 0) is 9.84 Å². The number of hydrogen-bond acceptors (Lipinski definition) is 4. The summed E-state index contributed by atoms with van der Waals surface area (Å²) in [5, 5.41) is 3.40. The Hall–Kier alpha value is -0.910. The van der Waals surface area contributed by atoms with Crippen molar-refractivity contribution in [3.05, 3.63) is 29.8 Å². The second-order valence-electron chi connectivity index (χ2n) is 6.26. The number of hydrogen-bond donors (Lipinski definition) is 1. The lowest BCUT2D eigenvalue weighted by Gasteiger charge is -2.43. The number of nitrogens with zero attached hydrogens (tertiary/aromatic N) is 1. The lowest BCUT2D eigenvalue weighted by atomic mass is 9.76. The largest absolute Gasteiger partial charge is 0.314 e. The fourth-order valence-corrected chi connectivity index (χ4v) is 4.04. The Balaban J connectivity index is 1.85. The van der Waals surface area contributed by atoms with Crippen LogP contribution in [0.4, 0.5) is 0 Å². The van der Waals surface area contributed by atoms with Crippen LogP contribution in [0.3, 0.4) is 0 Å². The molecule has 116 valence electrons. The van der Waals surface area contributed by atoms with Gasteiger partial charge in [0.1, 0.15) is 0 Å². The molecule has 21 heavy (non-hydrogen) atoms. The molecule has 2 aliphatic rings. The van der Waals surface area contributed by atoms with E-state index in [1.54, 1.807) is 12.1 Å². The Morgan fingerprint density at radius 1 is 1.14 bits per heavy atom. The summed E-state index contributed by atoms with van der Waals surface area (Å²) in [6.07, 6.45) is 5.18. The third kappa shape index (κ3) is 3.30. The molecule has 0 bridgehead atoms. The van der Waals surface area contributed by atoms with Gasteiger partial charge in [0, 0.05) is 38.5 Å². The van der Waals surface area contributed by atoms with Crippen LogP contribution in [0.15, 0.2) is 29.2 Å². The van der Waals surface area contributed by atoms with Crippen molar-refractivity contribution < 1.29 is 8.42 Å². The SMILES string of the molecule is CS(=O)(=O)c1ccc([C@H](C2CCC2)N2CCNCC2)cc1. The fraction of sp³-hybridized carbons (Fsp3) is 0.625. The standard InChI is InChI=1S/C16H24N2O2S/c1-21(19,20)15-7-5-14(6-8-15)16(13-3-2-4-13)18-11-9-17-10-12-18/h5-8,13,16-17H,2-4,9-12H2,1H3/t16-/m0/s1. The van der Waals surface area contributed by atoms with Gasteiger partial charge in [-0.25, -0.2) is 8.42 Å². The van der Waals surface area contributed by atoms with Gasteiger partial charge in [-0.05, 0) is 36.5 Å². The summed E-state index contributed by atoms with van der Waals surface area (Å²) < 4.78 is 23.2. The van der Waals surface area contributed by atoms with Crippen molar-refractivity contribution in [2.24, 2.45) is 5.92 Å². The van der Waals surface area contributed by atoms with E-state index >= 15 is 0 Å². The lowest BCUT2D eigenvalue weighted by Crippen LogP contribution is -2.47. The van der Waals surface area contributed by atoms with Gasteiger partial charge in [0.05, 0.1) is 4.90 Å². The molecule has 0 spiro atoms. The molecule has 1 N–H and O–H groups in total. The molecule has 4 nitrogen and oxygen atoms in total. The molecule has 1 saturated heterocycles. The second-order valence-corrected chi connectivity index (χ2v) is 8.28. The van der Waals surface area contributed by atoms with Crippen LogP contribution in [0.25, 0.3) is 0 Å². The maximum atomic E-state index is 11.6. The Morgan fingerprint density at radius 3 is 2.24 bits per heavy atom. The molecule has 0 aromatic heterocycles. The molecule has 0 amide bonds. The van der Waals surface area contributed by atoms with Crippen molar-refractivity contribution in [2.45, 2.75) is 30.2 Å². The summed E-state index contributed by atoms with van der Waals surface area (Å²) >= 11 is 0. The Kier molecular flexibility index (Phi) is 4.33. The first-order valence-electron chi connectivity index (χ1n) is 7.80. The molecular weight excluding hydrogens is 284 g/mol. The number of piperazine rings is 1. The summed E-state index contributed by atoms with van der Waals surface area (Å²) in [7, 11) is -3.11. The van der Waals surface area contributed by atoms with E-state index in [9.17, 15) is 8.42 Å². The zero-order valence-electron chi connectivity index (χ0n) is 12.6. The predicted molar refractivity (Wildman–Crippen MR) is 84.1 cm³/mol. The van der Waals surface area contributed by atoms with Gasteiger partial charge < -0.3 is 5.32 Å². The van der Waals surface area contributed by atoms with Gasteiger partial charge in [-0.2, -0.15) is 0 Å². The average molecular weight is 308 g/mol. The molecule has 1 saturated carbocycles. The molecule has 1 aromatic rings. The van der Waals surface area contributed by atoms with Crippen LogP contribution in [0, 0.1) is 5.92 Å². The van der Waals surface area contributed by atoms with Crippen molar-refractivity contribution in [1.29, 1.82) is 0 Å². The highest BCUT2D eigenvalue weighted by molar-refractivity contribution is 7.90. The molecule has 1 aliphatic heterocycles. The summed E-state index contributed by atoms with van der Waals surface area (Å²) in [4.78, 5) is 2.98. The smallest absolute Gasteiger partial charge is 0.175 e. The van der Waals surface area contributed by atoms with Gasteiger partial charge in [-0.15, -0.1) is 0 Å². The quantitative estimate of drug-likeness (QED) is 0.922. The zero-order valence-corrected chi connectivity index (χ0v) is 13.4. The second kappa shape index (κ2) is 6.07. The number of nitrogens with one attached hydrogen (secondary N) is 1. The Labute approximate surface area is 127 Å². The molecular formula is C16H24N2O2S. The summed E-state index contributed by atoms with van der Waals surface area (Å²) in [5.74, 6) is 0.729. The number of rotatable bonds is 4. The third-order valence-electron chi connectivity index (χ3n) is 4.79. The van der Waals surface area contributed by atoms with Gasteiger partial charge in [-0.1, -0.05) is 18.6 Å². The van der Waals surface area contributed by atoms with Crippen LogP contribution < -0.4 is 5.32 Å². The van der Waals surface area contributed by atoms with Gasteiger partial charge >= 0.3 is 0 Å². The Morgan fingerprint density at radius 2 is 1.76 bits per heavy atom. The maximum Gasteiger partial charge on any atom is 0.175 e. The summed E-state index contributed by atoms with van der Waals surface area (Å²) in [6.45, 7) is 4.25. The van der Waals surface area contributed by atoms with E-state index in [4.69, 9.17) is 0 Å². The minimum Gasteiger partial charge on any atom is -0.314 e. The van der Waals surface area contributed by atoms with E-state index in [1.165, 1.54) is 31.1 Å². The highest BCUT2D eigenvalue weighted by Crippen LogP contribution is 2.41. The maximum absolute atomic E-state index is 11.6. The van der Waals surface area contributed by atoms with Crippen LogP contribution >= 0.6 is 0 Å². The molecule has 1 aliphatic carbocycles. The molecule has 5 heteroatoms. The fourth-order valence-electron chi connectivity index (χ4n) is 3.41. The van der Waals surface area contributed by atoms with Crippen LogP contribution in [-0.4, -0.2) is 45.8 Å². The summed E-state index contributed by atoms with van der Waals surface area (Å²) in [5.41, 5.74) is 1.27. The van der Waals surface area contributed by atoms with E-state index in [2.05, 4.69) is 10.2 Å². The van der Waals surface area contributed by atoms with Crippen LogP contribution in [0.2, 0.25) is 0 Å². The molecule has 1 aromatic carbocycles. The molecule has 1 heterocycles. The van der Waals surface area contributed by atoms with Crippen molar-refractivity contribution >= 4 is 9.84 Å². The highest BCUT2D eigenvalue weighted by Gasteiger charge is 2.33. The predicted octanol–water partition coefficient (Wildman–Crippen LogP) is 1.84. The normalized spacial score (nSPS) is 22.7. The highest BCUT2D eigenvalue weighted by atomic mass is 32.2. The molecule has 2 fully saturated rings. The first-order chi connectivity index (χ1) is 10.1. The third-order valence-corrected chi connectivity index (χ3v) is 5.92. The first-order valence-corrected chi connectivity index (χ1v) is 9.69. The topological polar surface area (TPSA) is 49.4 Å². The zero-order chi connectivity index (χ0) is 14.9. The van der Waals surface area contributed by atoms with Crippen molar-refractivity contribution in [3.63, 3.8) is 0 Å². The van der Waals surface area contributed by atoms with Crippen LogP contribution in [0.1, 0.15) is 30.9 Å². The van der Waals surface area contributed by atoms with Crippen LogP contribution in [0.5, 0.6) is 0 Å². The Bertz CT molecular complexity index is 573. The molecule has 1 atom stereocenters. The van der Waals surface area contributed by atoms with Crippen molar-refractivity contribution in [3.8, 4) is 0 Å². The van der Waals surface area contributed by atoms with Gasteiger partial charge in [0.2, 0.25) is 0 Å². The van der Waals surface area contributed by atoms with E-state index in [0.29, 0.717) is 10.9 Å². The van der Waals surface area contributed by atoms with Gasteiger partial charge in [-0.3, -0.25) is 4.90 Å². The van der Waals surface area contributed by atoms with E-state index in [1.807, 2.05) is 12.1 Å². The minimum atomic E-state index is -3.11. The number of benzene rings is 1. The average Bonchev–Trinajstić information content (AvgIpc) is 2.43.